The Hall–Kier alpha value is -3.22. The molecule has 5 nitrogen and oxygen atoms in total. The molecule has 1 aliphatic rings. The van der Waals surface area contributed by atoms with Crippen LogP contribution in [0.1, 0.15) is 58.9 Å². The van der Waals surface area contributed by atoms with E-state index in [-0.39, 0.29) is 31.2 Å². The summed E-state index contributed by atoms with van der Waals surface area (Å²) in [6.07, 6.45) is 0.403. The zero-order valence-electron chi connectivity index (χ0n) is 18.7. The quantitative estimate of drug-likeness (QED) is 0.461. The van der Waals surface area contributed by atoms with Gasteiger partial charge in [0.25, 0.3) is 0 Å². The lowest BCUT2D eigenvalue weighted by Crippen LogP contribution is -2.47. The van der Waals surface area contributed by atoms with Gasteiger partial charge in [-0.2, -0.15) is 0 Å². The zero-order valence-corrected chi connectivity index (χ0v) is 18.7. The standard InChI is InChI=1S/C27H28FNO4/c1-26(2,22-13-20(28)9-11-23(22)30)16-27(32,14-17-6-4-3-5-7-17)24(29)18-8-10-21-19(12-18)15-33-25(21)31/h3-13,24,30,32H,14-16,29H2,1-2H3. The van der Waals surface area contributed by atoms with Crippen LogP contribution in [-0.2, 0) is 23.2 Å². The van der Waals surface area contributed by atoms with Crippen LogP contribution in [0, 0.1) is 5.82 Å². The number of benzene rings is 3. The number of fused-ring (bicyclic) bond motifs is 1. The van der Waals surface area contributed by atoms with Crippen LogP contribution in [0.4, 0.5) is 4.39 Å². The first kappa shape index (κ1) is 23.0. The molecule has 1 aliphatic heterocycles. The molecule has 6 heteroatoms. The summed E-state index contributed by atoms with van der Waals surface area (Å²) in [5.74, 6) is -0.868. The fraction of sp³-hybridized carbons (Fsp3) is 0.296. The van der Waals surface area contributed by atoms with Crippen molar-refractivity contribution in [1.29, 1.82) is 0 Å². The van der Waals surface area contributed by atoms with E-state index in [1.807, 2.05) is 44.2 Å². The Balaban J connectivity index is 1.73. The number of aromatic hydroxyl groups is 1. The van der Waals surface area contributed by atoms with E-state index in [0.29, 0.717) is 16.7 Å². The lowest BCUT2D eigenvalue weighted by molar-refractivity contribution is -0.0120. The molecule has 3 aromatic rings. The van der Waals surface area contributed by atoms with Crippen LogP contribution in [0.15, 0.2) is 66.7 Å². The average molecular weight is 450 g/mol. The van der Waals surface area contributed by atoms with Crippen LogP contribution in [0.2, 0.25) is 0 Å². The van der Waals surface area contributed by atoms with Gasteiger partial charge in [-0.25, -0.2) is 9.18 Å². The largest absolute Gasteiger partial charge is 0.508 e. The number of carbonyl (C=O) groups is 1. The Labute approximate surface area is 192 Å². The van der Waals surface area contributed by atoms with Crippen molar-refractivity contribution >= 4 is 5.97 Å². The second kappa shape index (κ2) is 8.61. The first-order chi connectivity index (χ1) is 15.6. The smallest absolute Gasteiger partial charge is 0.338 e. The third kappa shape index (κ3) is 4.63. The predicted octanol–water partition coefficient (Wildman–Crippen LogP) is 4.54. The van der Waals surface area contributed by atoms with Crippen LogP contribution in [0.5, 0.6) is 5.75 Å². The maximum atomic E-state index is 14.0. The van der Waals surface area contributed by atoms with Gasteiger partial charge >= 0.3 is 5.97 Å². The monoisotopic (exact) mass is 449 g/mol. The molecule has 0 amide bonds. The minimum Gasteiger partial charge on any atom is -0.508 e. The minimum atomic E-state index is -1.44. The summed E-state index contributed by atoms with van der Waals surface area (Å²) in [7, 11) is 0. The number of esters is 1. The van der Waals surface area contributed by atoms with Gasteiger partial charge in [0.15, 0.2) is 0 Å². The highest BCUT2D eigenvalue weighted by molar-refractivity contribution is 5.93. The molecule has 172 valence electrons. The van der Waals surface area contributed by atoms with Gasteiger partial charge in [-0.1, -0.05) is 50.2 Å². The van der Waals surface area contributed by atoms with Crippen LogP contribution in [0.25, 0.3) is 0 Å². The van der Waals surface area contributed by atoms with Crippen molar-refractivity contribution in [3.8, 4) is 5.75 Å². The predicted molar refractivity (Wildman–Crippen MR) is 123 cm³/mol. The van der Waals surface area contributed by atoms with E-state index in [1.54, 1.807) is 18.2 Å². The van der Waals surface area contributed by atoms with Crippen LogP contribution in [0.3, 0.4) is 0 Å². The van der Waals surface area contributed by atoms with E-state index < -0.39 is 22.9 Å². The molecule has 2 unspecified atom stereocenters. The number of carbonyl (C=O) groups excluding carboxylic acids is 1. The molecule has 0 saturated carbocycles. The minimum absolute atomic E-state index is 0.0368. The molecule has 0 saturated heterocycles. The van der Waals surface area contributed by atoms with Gasteiger partial charge < -0.3 is 20.7 Å². The summed E-state index contributed by atoms with van der Waals surface area (Å²) in [6, 6.07) is 17.7. The second-order valence-electron chi connectivity index (χ2n) is 9.46. The summed E-state index contributed by atoms with van der Waals surface area (Å²) < 4.78 is 19.1. The molecule has 0 spiro atoms. The summed E-state index contributed by atoms with van der Waals surface area (Å²) in [5.41, 5.74) is 7.65. The first-order valence-electron chi connectivity index (χ1n) is 10.9. The molecule has 33 heavy (non-hydrogen) atoms. The van der Waals surface area contributed by atoms with E-state index in [1.165, 1.54) is 18.2 Å². The van der Waals surface area contributed by atoms with Gasteiger partial charge in [0.05, 0.1) is 17.2 Å². The number of nitrogens with two attached hydrogens (primary N) is 1. The van der Waals surface area contributed by atoms with Crippen molar-refractivity contribution in [2.45, 2.75) is 50.4 Å². The number of halogens is 1. The average Bonchev–Trinajstić information content (AvgIpc) is 3.15. The Kier molecular flexibility index (Phi) is 5.99. The lowest BCUT2D eigenvalue weighted by Gasteiger charge is -2.41. The molecule has 4 rings (SSSR count). The van der Waals surface area contributed by atoms with Gasteiger partial charge in [0.1, 0.15) is 18.2 Å². The molecule has 0 aliphatic carbocycles. The highest BCUT2D eigenvalue weighted by Gasteiger charge is 2.42. The summed E-state index contributed by atoms with van der Waals surface area (Å²) in [5, 5.41) is 22.5. The second-order valence-corrected chi connectivity index (χ2v) is 9.46. The van der Waals surface area contributed by atoms with Gasteiger partial charge in [-0.15, -0.1) is 0 Å². The van der Waals surface area contributed by atoms with E-state index >= 15 is 0 Å². The molecule has 3 aromatic carbocycles. The Morgan fingerprint density at radius 2 is 1.82 bits per heavy atom. The molecule has 0 fully saturated rings. The first-order valence-corrected chi connectivity index (χ1v) is 10.9. The Bertz CT molecular complexity index is 1180. The topological polar surface area (TPSA) is 92.8 Å². The van der Waals surface area contributed by atoms with E-state index in [2.05, 4.69) is 0 Å². The number of hydrogen-bond acceptors (Lipinski definition) is 5. The van der Waals surface area contributed by atoms with Gasteiger partial charge in [0.2, 0.25) is 0 Å². The number of cyclic esters (lactones) is 1. The van der Waals surface area contributed by atoms with Crippen molar-refractivity contribution in [3.63, 3.8) is 0 Å². The highest BCUT2D eigenvalue weighted by Crippen LogP contribution is 2.43. The third-order valence-corrected chi connectivity index (χ3v) is 6.43. The molecule has 2 atom stereocenters. The Morgan fingerprint density at radius 3 is 2.55 bits per heavy atom. The molecule has 1 heterocycles. The van der Waals surface area contributed by atoms with Gasteiger partial charge in [-0.05, 0) is 53.3 Å². The molecular formula is C27H28FNO4. The molecule has 0 radical (unpaired) electrons. The maximum absolute atomic E-state index is 14.0. The number of ether oxygens (including phenoxy) is 1. The number of phenols is 1. The van der Waals surface area contributed by atoms with Crippen LogP contribution in [-0.4, -0.2) is 21.8 Å². The molecule has 4 N–H and O–H groups in total. The van der Waals surface area contributed by atoms with Crippen LogP contribution >= 0.6 is 0 Å². The zero-order chi connectivity index (χ0) is 23.8. The summed E-state index contributed by atoms with van der Waals surface area (Å²) in [6.45, 7) is 3.87. The normalized spacial score (nSPS) is 16.1. The van der Waals surface area contributed by atoms with Crippen molar-refractivity contribution in [2.75, 3.05) is 0 Å². The van der Waals surface area contributed by atoms with Crippen molar-refractivity contribution in [3.05, 3.63) is 100 Å². The molecule has 0 aromatic heterocycles. The highest BCUT2D eigenvalue weighted by atomic mass is 19.1. The lowest BCUT2D eigenvalue weighted by atomic mass is 9.69. The third-order valence-electron chi connectivity index (χ3n) is 6.43. The fourth-order valence-corrected chi connectivity index (χ4v) is 4.80. The maximum Gasteiger partial charge on any atom is 0.338 e. The van der Waals surface area contributed by atoms with Crippen molar-refractivity contribution < 1.29 is 24.1 Å². The fourth-order valence-electron chi connectivity index (χ4n) is 4.80. The van der Waals surface area contributed by atoms with Crippen LogP contribution < -0.4 is 5.73 Å². The summed E-state index contributed by atoms with van der Waals surface area (Å²) >= 11 is 0. The van der Waals surface area contributed by atoms with Gasteiger partial charge in [0, 0.05) is 17.5 Å². The van der Waals surface area contributed by atoms with Gasteiger partial charge in [-0.3, -0.25) is 0 Å². The molecule has 0 bridgehead atoms. The van der Waals surface area contributed by atoms with Crippen molar-refractivity contribution in [1.82, 2.24) is 0 Å². The summed E-state index contributed by atoms with van der Waals surface area (Å²) in [4.78, 5) is 11.8. The number of aliphatic hydroxyl groups is 1. The van der Waals surface area contributed by atoms with E-state index in [4.69, 9.17) is 10.5 Å². The number of hydrogen-bond donors (Lipinski definition) is 3. The molecular weight excluding hydrogens is 421 g/mol. The Morgan fingerprint density at radius 1 is 1.09 bits per heavy atom. The van der Waals surface area contributed by atoms with E-state index in [0.717, 1.165) is 11.1 Å². The van der Waals surface area contributed by atoms with E-state index in [9.17, 15) is 19.4 Å². The number of rotatable bonds is 7. The SMILES string of the molecule is CC(C)(CC(O)(Cc1ccccc1)C(N)c1ccc2c(c1)COC2=O)c1cc(F)ccc1O. The number of phenolic OH excluding ortho intramolecular Hbond substituents is 1. The van der Waals surface area contributed by atoms with Crippen molar-refractivity contribution in [2.24, 2.45) is 5.73 Å².